The summed E-state index contributed by atoms with van der Waals surface area (Å²) < 4.78 is 11.3. The Labute approximate surface area is 121 Å². The second kappa shape index (κ2) is 5.82. The van der Waals surface area contributed by atoms with Crippen molar-refractivity contribution in [1.82, 2.24) is 0 Å². The first kappa shape index (κ1) is 14.2. The Morgan fingerprint density at radius 2 is 1.95 bits per heavy atom. The summed E-state index contributed by atoms with van der Waals surface area (Å²) in [5.41, 5.74) is 8.26. The fraction of sp³-hybridized carbons (Fsp3) is 0.286. The van der Waals surface area contributed by atoms with E-state index in [-0.39, 0.29) is 6.04 Å². The molecular formula is C14H16ClNO2S. The molecule has 0 amide bonds. The first-order valence-electron chi connectivity index (χ1n) is 5.80. The summed E-state index contributed by atoms with van der Waals surface area (Å²) in [5.74, 6) is 1.46. The highest BCUT2D eigenvalue weighted by Gasteiger charge is 2.17. The van der Waals surface area contributed by atoms with E-state index in [1.54, 1.807) is 14.2 Å². The number of ether oxygens (including phenoxy) is 2. The molecule has 0 spiro atoms. The van der Waals surface area contributed by atoms with Crippen molar-refractivity contribution in [3.63, 3.8) is 0 Å². The first-order chi connectivity index (χ1) is 9.06. The van der Waals surface area contributed by atoms with Gasteiger partial charge in [-0.15, -0.1) is 11.3 Å². The van der Waals surface area contributed by atoms with Crippen molar-refractivity contribution in [2.75, 3.05) is 14.2 Å². The van der Waals surface area contributed by atoms with Crippen molar-refractivity contribution in [1.29, 1.82) is 0 Å². The molecule has 1 heterocycles. The van der Waals surface area contributed by atoms with Gasteiger partial charge in [-0.1, -0.05) is 11.6 Å². The van der Waals surface area contributed by atoms with Gasteiger partial charge in [0.2, 0.25) is 0 Å². The van der Waals surface area contributed by atoms with Crippen LogP contribution in [0.4, 0.5) is 0 Å². The normalized spacial score (nSPS) is 12.3. The average molecular weight is 298 g/mol. The van der Waals surface area contributed by atoms with Crippen LogP contribution >= 0.6 is 22.9 Å². The van der Waals surface area contributed by atoms with E-state index in [9.17, 15) is 0 Å². The zero-order chi connectivity index (χ0) is 14.0. The fourth-order valence-electron chi connectivity index (χ4n) is 1.87. The number of thiophene rings is 1. The van der Waals surface area contributed by atoms with E-state index in [0.717, 1.165) is 26.1 Å². The lowest BCUT2D eigenvalue weighted by Crippen LogP contribution is -2.11. The molecule has 102 valence electrons. The average Bonchev–Trinajstić information content (AvgIpc) is 2.77. The second-order valence-electron chi connectivity index (χ2n) is 4.19. The van der Waals surface area contributed by atoms with Crippen LogP contribution in [0.15, 0.2) is 24.3 Å². The minimum absolute atomic E-state index is 0.253. The van der Waals surface area contributed by atoms with E-state index in [1.807, 2.05) is 31.2 Å². The van der Waals surface area contributed by atoms with Gasteiger partial charge < -0.3 is 15.2 Å². The lowest BCUT2D eigenvalue weighted by Gasteiger charge is -2.15. The molecule has 5 heteroatoms. The monoisotopic (exact) mass is 297 g/mol. The van der Waals surface area contributed by atoms with Crippen LogP contribution in [0.25, 0.3) is 0 Å². The Bertz CT molecular complexity index is 563. The van der Waals surface area contributed by atoms with Crippen LogP contribution < -0.4 is 15.2 Å². The van der Waals surface area contributed by atoms with Crippen LogP contribution in [-0.2, 0) is 0 Å². The lowest BCUT2D eigenvalue weighted by molar-refractivity contribution is 0.390. The lowest BCUT2D eigenvalue weighted by atomic mass is 10.0. The van der Waals surface area contributed by atoms with Crippen LogP contribution in [0.2, 0.25) is 4.34 Å². The van der Waals surface area contributed by atoms with Crippen LogP contribution in [0.3, 0.4) is 0 Å². The van der Waals surface area contributed by atoms with Crippen molar-refractivity contribution >= 4 is 22.9 Å². The van der Waals surface area contributed by atoms with Crippen LogP contribution in [0, 0.1) is 6.92 Å². The highest BCUT2D eigenvalue weighted by atomic mass is 35.5. The number of methoxy groups -OCH3 is 2. The molecule has 19 heavy (non-hydrogen) atoms. The molecule has 1 aromatic heterocycles. The maximum absolute atomic E-state index is 6.30. The van der Waals surface area contributed by atoms with E-state index in [1.165, 1.54) is 11.3 Å². The Balaban J connectivity index is 2.40. The predicted octanol–water partition coefficient (Wildman–Crippen LogP) is 3.78. The van der Waals surface area contributed by atoms with Crippen LogP contribution in [0.5, 0.6) is 11.5 Å². The van der Waals surface area contributed by atoms with E-state index in [4.69, 9.17) is 26.8 Å². The Morgan fingerprint density at radius 1 is 1.21 bits per heavy atom. The Kier molecular flexibility index (Phi) is 4.34. The van der Waals surface area contributed by atoms with Gasteiger partial charge in [0.05, 0.1) is 24.6 Å². The van der Waals surface area contributed by atoms with Gasteiger partial charge in [-0.05, 0) is 30.7 Å². The van der Waals surface area contributed by atoms with E-state index in [0.29, 0.717) is 5.75 Å². The number of nitrogens with two attached hydrogens (primary N) is 1. The second-order valence-corrected chi connectivity index (χ2v) is 5.88. The van der Waals surface area contributed by atoms with Crippen molar-refractivity contribution in [3.05, 3.63) is 44.6 Å². The first-order valence-corrected chi connectivity index (χ1v) is 6.99. The number of aryl methyl sites for hydroxylation is 1. The minimum atomic E-state index is -0.253. The standard InChI is InChI=1S/C14H16ClNO2S/c1-8-6-12(19-14(8)15)13(16)10-5-4-9(17-2)7-11(10)18-3/h4-7,13H,16H2,1-3H3. The van der Waals surface area contributed by atoms with Gasteiger partial charge in [0.15, 0.2) is 0 Å². The third-order valence-electron chi connectivity index (χ3n) is 2.96. The largest absolute Gasteiger partial charge is 0.497 e. The molecule has 0 saturated heterocycles. The molecule has 2 aromatic rings. The predicted molar refractivity (Wildman–Crippen MR) is 79.6 cm³/mol. The van der Waals surface area contributed by atoms with E-state index < -0.39 is 0 Å². The van der Waals surface area contributed by atoms with Crippen LogP contribution in [0.1, 0.15) is 22.0 Å². The summed E-state index contributed by atoms with van der Waals surface area (Å²) in [7, 11) is 3.24. The minimum Gasteiger partial charge on any atom is -0.497 e. The number of hydrogen-bond acceptors (Lipinski definition) is 4. The molecular weight excluding hydrogens is 282 g/mol. The zero-order valence-electron chi connectivity index (χ0n) is 11.1. The number of rotatable bonds is 4. The summed E-state index contributed by atoms with van der Waals surface area (Å²) in [5, 5.41) is 0. The van der Waals surface area contributed by atoms with Gasteiger partial charge in [-0.3, -0.25) is 0 Å². The molecule has 0 bridgehead atoms. The SMILES string of the molecule is COc1ccc(C(N)c2cc(C)c(Cl)s2)c(OC)c1. The van der Waals surface area contributed by atoms with Crippen molar-refractivity contribution < 1.29 is 9.47 Å². The van der Waals surface area contributed by atoms with Crippen molar-refractivity contribution in [2.24, 2.45) is 5.73 Å². The molecule has 1 unspecified atom stereocenters. The number of hydrogen-bond donors (Lipinski definition) is 1. The number of halogens is 1. The molecule has 1 aromatic carbocycles. The quantitative estimate of drug-likeness (QED) is 0.934. The van der Waals surface area contributed by atoms with Gasteiger partial charge in [0.1, 0.15) is 11.5 Å². The molecule has 3 nitrogen and oxygen atoms in total. The third kappa shape index (κ3) is 2.86. The molecule has 0 saturated carbocycles. The van der Waals surface area contributed by atoms with E-state index >= 15 is 0 Å². The van der Waals surface area contributed by atoms with Gasteiger partial charge in [0.25, 0.3) is 0 Å². The Hall–Kier alpha value is -1.23. The Morgan fingerprint density at radius 3 is 2.47 bits per heavy atom. The molecule has 1 atom stereocenters. The van der Waals surface area contributed by atoms with Gasteiger partial charge in [-0.25, -0.2) is 0 Å². The zero-order valence-corrected chi connectivity index (χ0v) is 12.6. The van der Waals surface area contributed by atoms with Gasteiger partial charge in [0, 0.05) is 16.5 Å². The highest BCUT2D eigenvalue weighted by Crippen LogP contribution is 2.37. The maximum atomic E-state index is 6.30. The topological polar surface area (TPSA) is 44.5 Å². The summed E-state index contributed by atoms with van der Waals surface area (Å²) in [6.45, 7) is 1.97. The third-order valence-corrected chi connectivity index (χ3v) is 4.60. The summed E-state index contributed by atoms with van der Waals surface area (Å²) >= 11 is 7.59. The van der Waals surface area contributed by atoms with Crippen molar-refractivity contribution in [3.8, 4) is 11.5 Å². The molecule has 0 aliphatic carbocycles. The van der Waals surface area contributed by atoms with Crippen LogP contribution in [-0.4, -0.2) is 14.2 Å². The molecule has 2 rings (SSSR count). The van der Waals surface area contributed by atoms with Gasteiger partial charge in [-0.2, -0.15) is 0 Å². The summed E-state index contributed by atoms with van der Waals surface area (Å²) in [6, 6.07) is 7.39. The highest BCUT2D eigenvalue weighted by molar-refractivity contribution is 7.16. The van der Waals surface area contributed by atoms with E-state index in [2.05, 4.69) is 0 Å². The molecule has 0 radical (unpaired) electrons. The molecule has 2 N–H and O–H groups in total. The molecule has 0 aliphatic heterocycles. The molecule has 0 fully saturated rings. The summed E-state index contributed by atoms with van der Waals surface area (Å²) in [6.07, 6.45) is 0. The fourth-order valence-corrected chi connectivity index (χ4v) is 3.10. The summed E-state index contributed by atoms with van der Waals surface area (Å²) in [4.78, 5) is 1.02. The molecule has 0 aliphatic rings. The van der Waals surface area contributed by atoms with Crippen molar-refractivity contribution in [2.45, 2.75) is 13.0 Å². The number of benzene rings is 1. The maximum Gasteiger partial charge on any atom is 0.127 e. The smallest absolute Gasteiger partial charge is 0.127 e. The van der Waals surface area contributed by atoms with Gasteiger partial charge >= 0.3 is 0 Å².